The van der Waals surface area contributed by atoms with Crippen LogP contribution in [0.3, 0.4) is 0 Å². The van der Waals surface area contributed by atoms with Gasteiger partial charge in [0.25, 0.3) is 0 Å². The van der Waals surface area contributed by atoms with Crippen molar-refractivity contribution in [3.63, 3.8) is 0 Å². The molecule has 2 heteroatoms. The highest BCUT2D eigenvalue weighted by atomic mass is 16.4. The number of hydrogen-bond donors (Lipinski definition) is 1. The highest BCUT2D eigenvalue weighted by molar-refractivity contribution is 5.66. The van der Waals surface area contributed by atoms with Crippen molar-refractivity contribution < 1.29 is 9.90 Å². The summed E-state index contributed by atoms with van der Waals surface area (Å²) in [6.45, 7) is 2.32. The van der Waals surface area contributed by atoms with E-state index in [1.165, 1.54) is 31.2 Å². The first-order chi connectivity index (χ1) is 11.1. The molecule has 2 nitrogen and oxygen atoms in total. The molecule has 0 unspecified atom stereocenters. The summed E-state index contributed by atoms with van der Waals surface area (Å²) in [4.78, 5) is 10.4. The van der Waals surface area contributed by atoms with Crippen molar-refractivity contribution in [3.8, 4) is 11.8 Å². The lowest BCUT2D eigenvalue weighted by Crippen LogP contribution is -2.02. The van der Waals surface area contributed by atoms with Crippen molar-refractivity contribution in [1.82, 2.24) is 0 Å². The van der Waals surface area contributed by atoms with E-state index in [2.05, 4.69) is 49.1 Å². The molecule has 0 spiro atoms. The Morgan fingerprint density at radius 3 is 2.48 bits per heavy atom. The van der Waals surface area contributed by atoms with Gasteiger partial charge in [0.05, 0.1) is 0 Å². The molecule has 2 atom stereocenters. The minimum atomic E-state index is -0.678. The molecule has 1 aliphatic carbocycles. The van der Waals surface area contributed by atoms with Gasteiger partial charge >= 0.3 is 5.97 Å². The van der Waals surface area contributed by atoms with Crippen LogP contribution in [0.15, 0.2) is 30.3 Å². The molecule has 1 fully saturated rings. The van der Waals surface area contributed by atoms with Crippen molar-refractivity contribution >= 4 is 5.97 Å². The average molecular weight is 312 g/mol. The Balaban J connectivity index is 1.53. The van der Waals surface area contributed by atoms with E-state index in [-0.39, 0.29) is 5.41 Å². The third-order valence-electron chi connectivity index (χ3n) is 4.89. The second-order valence-corrected chi connectivity index (χ2v) is 6.88. The number of rotatable bonds is 9. The van der Waals surface area contributed by atoms with Gasteiger partial charge in [0.2, 0.25) is 0 Å². The molecule has 1 aliphatic rings. The van der Waals surface area contributed by atoms with Crippen molar-refractivity contribution in [2.45, 2.75) is 70.1 Å². The summed E-state index contributed by atoms with van der Waals surface area (Å²) < 4.78 is 0. The normalized spacial score (nSPS) is 22.2. The molecule has 124 valence electrons. The molecular weight excluding hydrogens is 284 g/mol. The van der Waals surface area contributed by atoms with E-state index in [4.69, 9.17) is 5.11 Å². The first-order valence-corrected chi connectivity index (χ1v) is 8.88. The molecule has 0 bridgehead atoms. The molecule has 0 radical (unpaired) electrons. The summed E-state index contributed by atoms with van der Waals surface area (Å²) >= 11 is 0. The zero-order valence-electron chi connectivity index (χ0n) is 14.2. The summed E-state index contributed by atoms with van der Waals surface area (Å²) in [7, 11) is 0. The van der Waals surface area contributed by atoms with Crippen LogP contribution in [-0.4, -0.2) is 11.1 Å². The van der Waals surface area contributed by atoms with Crippen molar-refractivity contribution in [1.29, 1.82) is 0 Å². The van der Waals surface area contributed by atoms with Crippen LogP contribution in [0.4, 0.5) is 0 Å². The standard InChI is InChI=1S/C21H28O2/c1-21(18-13-10-8-11-14-18)17-19(21)15-9-6-4-2-3-5-7-12-16-20(22)23/h8,10-11,13-14,19H,2-7,12,16-17H2,1H3,(H,22,23)/t19-,21+/m1/s1. The number of unbranched alkanes of at least 4 members (excludes halogenated alkanes) is 6. The fourth-order valence-electron chi connectivity index (χ4n) is 3.11. The van der Waals surface area contributed by atoms with Gasteiger partial charge in [-0.1, -0.05) is 68.9 Å². The highest BCUT2D eigenvalue weighted by Crippen LogP contribution is 2.53. The third kappa shape index (κ3) is 5.75. The Bertz CT molecular complexity index is 552. The topological polar surface area (TPSA) is 37.3 Å². The van der Waals surface area contributed by atoms with Crippen molar-refractivity contribution in [2.24, 2.45) is 5.92 Å². The molecule has 1 aromatic rings. The second kappa shape index (κ2) is 8.77. The molecule has 1 saturated carbocycles. The quantitative estimate of drug-likeness (QED) is 0.504. The first kappa shape index (κ1) is 17.6. The van der Waals surface area contributed by atoms with Gasteiger partial charge < -0.3 is 5.11 Å². The summed E-state index contributed by atoms with van der Waals surface area (Å²) in [6.07, 6.45) is 9.08. The van der Waals surface area contributed by atoms with Gasteiger partial charge in [0.1, 0.15) is 0 Å². The maximum absolute atomic E-state index is 10.4. The van der Waals surface area contributed by atoms with Crippen LogP contribution in [0.5, 0.6) is 0 Å². The van der Waals surface area contributed by atoms with Gasteiger partial charge in [-0.15, -0.1) is 5.92 Å². The van der Waals surface area contributed by atoms with Crippen LogP contribution in [0.2, 0.25) is 0 Å². The predicted octanol–water partition coefficient (Wildman–Crippen LogP) is 5.17. The number of carbonyl (C=O) groups is 1. The number of carboxylic acid groups (broad SMARTS) is 1. The summed E-state index contributed by atoms with van der Waals surface area (Å²) in [5, 5.41) is 8.56. The first-order valence-electron chi connectivity index (χ1n) is 8.88. The molecule has 1 N–H and O–H groups in total. The third-order valence-corrected chi connectivity index (χ3v) is 4.89. The molecule has 0 saturated heterocycles. The van der Waals surface area contributed by atoms with Crippen LogP contribution in [0.25, 0.3) is 0 Å². The Morgan fingerprint density at radius 1 is 1.13 bits per heavy atom. The number of aliphatic carboxylic acids is 1. The average Bonchev–Trinajstić information content (AvgIpc) is 3.21. The monoisotopic (exact) mass is 312 g/mol. The fraction of sp³-hybridized carbons (Fsp3) is 0.571. The van der Waals surface area contributed by atoms with Crippen LogP contribution in [-0.2, 0) is 10.2 Å². The number of hydrogen-bond acceptors (Lipinski definition) is 1. The number of benzene rings is 1. The molecule has 0 aliphatic heterocycles. The Morgan fingerprint density at radius 2 is 1.78 bits per heavy atom. The van der Waals surface area contributed by atoms with Crippen molar-refractivity contribution in [2.75, 3.05) is 0 Å². The van der Waals surface area contributed by atoms with Crippen LogP contribution < -0.4 is 0 Å². The molecule has 1 aromatic carbocycles. The molecular formula is C21H28O2. The van der Waals surface area contributed by atoms with Gasteiger partial charge in [-0.05, 0) is 24.8 Å². The highest BCUT2D eigenvalue weighted by Gasteiger charge is 2.50. The zero-order chi connectivity index (χ0) is 16.5. The summed E-state index contributed by atoms with van der Waals surface area (Å²) in [6, 6.07) is 10.7. The van der Waals surface area contributed by atoms with E-state index in [1.807, 2.05) is 0 Å². The molecule has 0 aromatic heterocycles. The van der Waals surface area contributed by atoms with Crippen LogP contribution in [0.1, 0.15) is 70.3 Å². The largest absolute Gasteiger partial charge is 0.481 e. The van der Waals surface area contributed by atoms with Crippen molar-refractivity contribution in [3.05, 3.63) is 35.9 Å². The fourth-order valence-corrected chi connectivity index (χ4v) is 3.11. The maximum Gasteiger partial charge on any atom is 0.303 e. The molecule has 23 heavy (non-hydrogen) atoms. The summed E-state index contributed by atoms with van der Waals surface area (Å²) in [5.74, 6) is 6.67. The van der Waals surface area contributed by atoms with Gasteiger partial charge in [-0.3, -0.25) is 4.79 Å². The zero-order valence-corrected chi connectivity index (χ0v) is 14.2. The second-order valence-electron chi connectivity index (χ2n) is 6.88. The lowest BCUT2D eigenvalue weighted by Gasteiger charge is -2.08. The van der Waals surface area contributed by atoms with E-state index < -0.39 is 5.97 Å². The Hall–Kier alpha value is -1.75. The van der Waals surface area contributed by atoms with Crippen LogP contribution >= 0.6 is 0 Å². The smallest absolute Gasteiger partial charge is 0.303 e. The van der Waals surface area contributed by atoms with E-state index in [0.717, 1.165) is 25.7 Å². The van der Waals surface area contributed by atoms with Gasteiger partial charge in [0, 0.05) is 24.2 Å². The van der Waals surface area contributed by atoms with E-state index in [0.29, 0.717) is 12.3 Å². The minimum Gasteiger partial charge on any atom is -0.481 e. The molecule has 2 rings (SSSR count). The summed E-state index contributed by atoms with van der Waals surface area (Å²) in [5.41, 5.74) is 1.69. The Kier molecular flexibility index (Phi) is 6.71. The predicted molar refractivity (Wildman–Crippen MR) is 94.2 cm³/mol. The SMILES string of the molecule is C[C@@]1(c2ccccc2)C[C@H]1C#CCCCCCCCCC(=O)O. The van der Waals surface area contributed by atoms with Crippen LogP contribution in [0, 0.1) is 17.8 Å². The Labute approximate surface area is 140 Å². The number of carboxylic acids is 1. The van der Waals surface area contributed by atoms with Gasteiger partial charge in [-0.25, -0.2) is 0 Å². The molecule has 0 amide bonds. The van der Waals surface area contributed by atoms with Gasteiger partial charge in [0.15, 0.2) is 0 Å². The lowest BCUT2D eigenvalue weighted by atomic mass is 9.96. The lowest BCUT2D eigenvalue weighted by molar-refractivity contribution is -0.137. The molecule has 0 heterocycles. The van der Waals surface area contributed by atoms with Gasteiger partial charge in [-0.2, -0.15) is 0 Å². The van der Waals surface area contributed by atoms with E-state index >= 15 is 0 Å². The van der Waals surface area contributed by atoms with E-state index in [9.17, 15) is 4.79 Å². The minimum absolute atomic E-state index is 0.276. The van der Waals surface area contributed by atoms with E-state index in [1.54, 1.807) is 0 Å². The maximum atomic E-state index is 10.4.